The quantitative estimate of drug-likeness (QED) is 0.732. The van der Waals surface area contributed by atoms with Crippen LogP contribution in [-0.2, 0) is 6.67 Å². The average molecular weight is 361 g/mol. The number of ether oxygens (including phenoxy) is 1. The maximum absolute atomic E-state index is 12.4. The van der Waals surface area contributed by atoms with Crippen molar-refractivity contribution < 1.29 is 18.3 Å². The van der Waals surface area contributed by atoms with E-state index in [1.807, 2.05) is 19.9 Å². The van der Waals surface area contributed by atoms with Gasteiger partial charge in [-0.15, -0.1) is 0 Å². The highest BCUT2D eigenvalue weighted by Crippen LogP contribution is 2.25. The molecule has 0 aliphatic rings. The molecule has 0 spiro atoms. The molecule has 3 aromatic rings. The van der Waals surface area contributed by atoms with Crippen molar-refractivity contribution in [1.82, 2.24) is 19.6 Å². The van der Waals surface area contributed by atoms with Crippen molar-refractivity contribution in [3.05, 3.63) is 59.7 Å². The van der Waals surface area contributed by atoms with Gasteiger partial charge in [0.1, 0.15) is 12.4 Å². The van der Waals surface area contributed by atoms with E-state index in [2.05, 4.69) is 20.3 Å². The number of amides is 1. The molecule has 136 valence electrons. The van der Waals surface area contributed by atoms with Crippen LogP contribution < -0.4 is 10.1 Å². The number of carbonyl (C=O) groups is 1. The minimum Gasteiger partial charge on any atom is -0.433 e. The van der Waals surface area contributed by atoms with Crippen molar-refractivity contribution >= 4 is 11.6 Å². The number of nitrogens with zero attached hydrogens (tertiary/aromatic N) is 4. The molecule has 26 heavy (non-hydrogen) atoms. The smallest absolute Gasteiger partial charge is 0.387 e. The molecule has 0 saturated carbocycles. The number of rotatable bonds is 6. The number of hydrogen-bond acceptors (Lipinski definition) is 4. The molecule has 0 atom stereocenters. The van der Waals surface area contributed by atoms with E-state index in [-0.39, 0.29) is 17.1 Å². The first-order valence-electron chi connectivity index (χ1n) is 7.82. The van der Waals surface area contributed by atoms with Gasteiger partial charge >= 0.3 is 6.61 Å². The second kappa shape index (κ2) is 7.34. The maximum Gasteiger partial charge on any atom is 0.387 e. The Balaban J connectivity index is 1.72. The summed E-state index contributed by atoms with van der Waals surface area (Å²) in [4.78, 5) is 12.3. The molecular weight excluding hydrogens is 344 g/mol. The molecule has 0 aliphatic carbocycles. The number of benzene rings is 1. The highest BCUT2D eigenvalue weighted by atomic mass is 19.3. The Morgan fingerprint density at radius 2 is 2.00 bits per heavy atom. The van der Waals surface area contributed by atoms with Crippen molar-refractivity contribution in [2.45, 2.75) is 27.1 Å². The minimum atomic E-state index is -2.98. The number of alkyl halides is 2. The summed E-state index contributed by atoms with van der Waals surface area (Å²) in [5, 5.41) is 11.1. The third-order valence-corrected chi connectivity index (χ3v) is 3.61. The van der Waals surface area contributed by atoms with E-state index >= 15 is 0 Å². The molecule has 3 rings (SSSR count). The lowest BCUT2D eigenvalue weighted by Crippen LogP contribution is -2.16. The zero-order chi connectivity index (χ0) is 18.7. The normalized spacial score (nSPS) is 11.0. The molecule has 1 amide bonds. The zero-order valence-corrected chi connectivity index (χ0v) is 14.2. The first kappa shape index (κ1) is 17.6. The summed E-state index contributed by atoms with van der Waals surface area (Å²) in [7, 11) is 0. The maximum atomic E-state index is 12.4. The highest BCUT2D eigenvalue weighted by Gasteiger charge is 2.15. The molecule has 2 aromatic heterocycles. The summed E-state index contributed by atoms with van der Waals surface area (Å²) in [6.45, 7) is 1.20. The molecule has 0 saturated heterocycles. The Kier molecular flexibility index (Phi) is 4.97. The Labute approximate surface area is 148 Å². The van der Waals surface area contributed by atoms with E-state index in [0.29, 0.717) is 6.67 Å². The van der Waals surface area contributed by atoms with Gasteiger partial charge in [-0.1, -0.05) is 12.1 Å². The summed E-state index contributed by atoms with van der Waals surface area (Å²) >= 11 is 0. The van der Waals surface area contributed by atoms with Gasteiger partial charge in [-0.05, 0) is 38.1 Å². The number of halogens is 2. The van der Waals surface area contributed by atoms with Crippen LogP contribution in [0.15, 0.2) is 42.6 Å². The van der Waals surface area contributed by atoms with Gasteiger partial charge in [-0.3, -0.25) is 9.48 Å². The molecule has 2 heterocycles. The molecular formula is C17H17F2N5O2. The van der Waals surface area contributed by atoms with E-state index in [9.17, 15) is 13.6 Å². The van der Waals surface area contributed by atoms with Crippen molar-refractivity contribution in [2.24, 2.45) is 0 Å². The lowest BCUT2D eigenvalue weighted by molar-refractivity contribution is -0.0493. The second-order valence-corrected chi connectivity index (χ2v) is 5.64. The number of aryl methyl sites for hydroxylation is 2. The van der Waals surface area contributed by atoms with Gasteiger partial charge in [0, 0.05) is 11.9 Å². The third-order valence-electron chi connectivity index (χ3n) is 3.61. The first-order valence-corrected chi connectivity index (χ1v) is 7.82. The van der Waals surface area contributed by atoms with Gasteiger partial charge in [-0.25, -0.2) is 4.68 Å². The Bertz CT molecular complexity index is 920. The van der Waals surface area contributed by atoms with E-state index < -0.39 is 12.5 Å². The lowest BCUT2D eigenvalue weighted by atomic mass is 10.3. The number of carbonyl (C=O) groups excluding carboxylic acids is 1. The fourth-order valence-electron chi connectivity index (χ4n) is 2.47. The molecule has 0 fully saturated rings. The van der Waals surface area contributed by atoms with Gasteiger partial charge in [0.25, 0.3) is 5.91 Å². The Morgan fingerprint density at radius 3 is 2.69 bits per heavy atom. The fraction of sp³-hybridized carbons (Fsp3) is 0.235. The second-order valence-electron chi connectivity index (χ2n) is 5.64. The standard InChI is InChI=1S/C17H17F2N5O2/c1-11-9-12(2)24(21-11)10-23-8-7-14(22-23)16(25)20-13-5-3-4-6-15(13)26-17(18)19/h3-9,17H,10H2,1-2H3,(H,20,25). The zero-order valence-electron chi connectivity index (χ0n) is 14.2. The molecule has 1 aromatic carbocycles. The largest absolute Gasteiger partial charge is 0.433 e. The van der Waals surface area contributed by atoms with E-state index in [1.165, 1.54) is 24.3 Å². The highest BCUT2D eigenvalue weighted by molar-refractivity contribution is 6.03. The van der Waals surface area contributed by atoms with Crippen molar-refractivity contribution in [1.29, 1.82) is 0 Å². The lowest BCUT2D eigenvalue weighted by Gasteiger charge is -2.10. The number of aromatic nitrogens is 4. The molecule has 0 bridgehead atoms. The van der Waals surface area contributed by atoms with Crippen molar-refractivity contribution in [3.8, 4) is 5.75 Å². The van der Waals surface area contributed by atoms with E-state index in [4.69, 9.17) is 0 Å². The summed E-state index contributed by atoms with van der Waals surface area (Å²) in [5.74, 6) is -0.639. The Morgan fingerprint density at radius 1 is 1.23 bits per heavy atom. The van der Waals surface area contributed by atoms with Crippen LogP contribution in [0.4, 0.5) is 14.5 Å². The van der Waals surface area contributed by atoms with E-state index in [0.717, 1.165) is 11.4 Å². The van der Waals surface area contributed by atoms with Crippen LogP contribution >= 0.6 is 0 Å². The van der Waals surface area contributed by atoms with Gasteiger partial charge < -0.3 is 10.1 Å². The predicted octanol–water partition coefficient (Wildman–Crippen LogP) is 3.06. The predicted molar refractivity (Wildman–Crippen MR) is 90.4 cm³/mol. The van der Waals surface area contributed by atoms with Crippen LogP contribution in [0.25, 0.3) is 0 Å². The van der Waals surface area contributed by atoms with Gasteiger partial charge in [0.2, 0.25) is 0 Å². The van der Waals surface area contributed by atoms with Gasteiger partial charge in [0.05, 0.1) is 11.4 Å². The monoisotopic (exact) mass is 361 g/mol. The number of nitrogens with one attached hydrogen (secondary N) is 1. The van der Waals surface area contributed by atoms with Crippen LogP contribution in [0.2, 0.25) is 0 Å². The first-order chi connectivity index (χ1) is 12.4. The van der Waals surface area contributed by atoms with Crippen LogP contribution in [0.3, 0.4) is 0 Å². The fourth-order valence-corrected chi connectivity index (χ4v) is 2.47. The molecule has 0 unspecified atom stereocenters. The molecule has 0 radical (unpaired) electrons. The van der Waals surface area contributed by atoms with Gasteiger partial charge in [-0.2, -0.15) is 19.0 Å². The summed E-state index contributed by atoms with van der Waals surface area (Å²) in [6.07, 6.45) is 1.65. The minimum absolute atomic E-state index is 0.113. The summed E-state index contributed by atoms with van der Waals surface area (Å²) < 4.78 is 32.6. The number of para-hydroxylation sites is 2. The molecule has 7 nitrogen and oxygen atoms in total. The van der Waals surface area contributed by atoms with Crippen molar-refractivity contribution in [2.75, 3.05) is 5.32 Å². The summed E-state index contributed by atoms with van der Waals surface area (Å²) in [5.41, 5.74) is 2.16. The average Bonchev–Trinajstić information content (AvgIpc) is 3.16. The van der Waals surface area contributed by atoms with Crippen LogP contribution in [-0.4, -0.2) is 32.1 Å². The topological polar surface area (TPSA) is 74.0 Å². The Hall–Kier alpha value is -3.23. The van der Waals surface area contributed by atoms with Crippen LogP contribution in [0.1, 0.15) is 21.9 Å². The molecule has 1 N–H and O–H groups in total. The van der Waals surface area contributed by atoms with E-state index in [1.54, 1.807) is 21.6 Å². The number of hydrogen-bond donors (Lipinski definition) is 1. The molecule has 0 aliphatic heterocycles. The van der Waals surface area contributed by atoms with Crippen molar-refractivity contribution in [3.63, 3.8) is 0 Å². The SMILES string of the molecule is Cc1cc(C)n(Cn2ccc(C(=O)Nc3ccccc3OC(F)F)n2)n1. The van der Waals surface area contributed by atoms with Crippen LogP contribution in [0, 0.1) is 13.8 Å². The number of anilines is 1. The van der Waals surface area contributed by atoms with Crippen LogP contribution in [0.5, 0.6) is 5.75 Å². The third kappa shape index (κ3) is 4.05. The van der Waals surface area contributed by atoms with Gasteiger partial charge in [0.15, 0.2) is 5.69 Å². The molecule has 9 heteroatoms. The summed E-state index contributed by atoms with van der Waals surface area (Å²) in [6, 6.07) is 9.45.